The number of hydrogen-bond acceptors (Lipinski definition) is 2. The Hall–Kier alpha value is -3.40. The SMILES string of the molecule is Cc1cccc2c1N(C)C(=O)[C@]21C(=O)N(Cc2ccccc2)c2ccccc21. The molecule has 0 unspecified atom stereocenters. The number of rotatable bonds is 2. The topological polar surface area (TPSA) is 40.6 Å². The minimum Gasteiger partial charge on any atom is -0.313 e. The molecule has 0 saturated heterocycles. The van der Waals surface area contributed by atoms with Crippen LogP contribution in [0.2, 0.25) is 0 Å². The van der Waals surface area contributed by atoms with Crippen LogP contribution in [0.4, 0.5) is 11.4 Å². The molecular formula is C24H20N2O2. The van der Waals surface area contributed by atoms with Gasteiger partial charge in [0.15, 0.2) is 5.41 Å². The molecule has 3 aromatic rings. The van der Waals surface area contributed by atoms with Crippen molar-refractivity contribution in [3.63, 3.8) is 0 Å². The van der Waals surface area contributed by atoms with E-state index in [0.29, 0.717) is 6.54 Å². The highest BCUT2D eigenvalue weighted by molar-refractivity contribution is 6.31. The van der Waals surface area contributed by atoms with Gasteiger partial charge in [-0.15, -0.1) is 0 Å². The van der Waals surface area contributed by atoms with Crippen molar-refractivity contribution in [3.05, 3.63) is 95.1 Å². The number of aryl methyl sites for hydroxylation is 1. The molecule has 0 aromatic heterocycles. The number of likely N-dealkylation sites (N-methyl/N-ethyl adjacent to an activating group) is 1. The fourth-order valence-electron chi connectivity index (χ4n) is 4.72. The van der Waals surface area contributed by atoms with Crippen molar-refractivity contribution in [2.24, 2.45) is 0 Å². The molecule has 0 N–H and O–H groups in total. The Morgan fingerprint density at radius 3 is 2.25 bits per heavy atom. The number of nitrogens with zero attached hydrogens (tertiary/aromatic N) is 2. The Morgan fingerprint density at radius 2 is 1.46 bits per heavy atom. The molecule has 4 nitrogen and oxygen atoms in total. The van der Waals surface area contributed by atoms with Crippen LogP contribution < -0.4 is 9.80 Å². The molecule has 0 saturated carbocycles. The summed E-state index contributed by atoms with van der Waals surface area (Å²) >= 11 is 0. The lowest BCUT2D eigenvalue weighted by molar-refractivity contribution is -0.131. The first-order chi connectivity index (χ1) is 13.6. The number of carbonyl (C=O) groups is 2. The predicted octanol–water partition coefficient (Wildman–Crippen LogP) is 3.80. The van der Waals surface area contributed by atoms with Gasteiger partial charge >= 0.3 is 0 Å². The maximum atomic E-state index is 13.9. The fraction of sp³-hybridized carbons (Fsp3) is 0.167. The van der Waals surface area contributed by atoms with Crippen molar-refractivity contribution in [2.75, 3.05) is 16.8 Å². The Morgan fingerprint density at radius 1 is 0.786 bits per heavy atom. The highest BCUT2D eigenvalue weighted by Crippen LogP contribution is 2.54. The number of anilines is 2. The summed E-state index contributed by atoms with van der Waals surface area (Å²) in [6.45, 7) is 2.42. The third-order valence-electron chi connectivity index (χ3n) is 5.95. The Labute approximate surface area is 164 Å². The van der Waals surface area contributed by atoms with Crippen LogP contribution in [-0.4, -0.2) is 18.9 Å². The largest absolute Gasteiger partial charge is 0.313 e. The molecule has 0 aliphatic carbocycles. The van der Waals surface area contributed by atoms with E-state index in [4.69, 9.17) is 0 Å². The average molecular weight is 368 g/mol. The first-order valence-corrected chi connectivity index (χ1v) is 9.40. The van der Waals surface area contributed by atoms with Crippen LogP contribution in [0.3, 0.4) is 0 Å². The van der Waals surface area contributed by atoms with Crippen molar-refractivity contribution >= 4 is 23.2 Å². The second kappa shape index (κ2) is 5.80. The maximum absolute atomic E-state index is 13.9. The molecular weight excluding hydrogens is 348 g/mol. The average Bonchev–Trinajstić information content (AvgIpc) is 3.10. The van der Waals surface area contributed by atoms with Crippen molar-refractivity contribution in [3.8, 4) is 0 Å². The van der Waals surface area contributed by atoms with E-state index in [1.807, 2.05) is 79.7 Å². The van der Waals surface area contributed by atoms with E-state index in [9.17, 15) is 9.59 Å². The van der Waals surface area contributed by atoms with Gasteiger partial charge in [-0.2, -0.15) is 0 Å². The van der Waals surface area contributed by atoms with Gasteiger partial charge in [-0.1, -0.05) is 66.7 Å². The Balaban J connectivity index is 1.75. The molecule has 5 rings (SSSR count). The minimum absolute atomic E-state index is 0.168. The number of fused-ring (bicyclic) bond motifs is 4. The lowest BCUT2D eigenvalue weighted by atomic mass is 9.76. The van der Waals surface area contributed by atoms with E-state index in [-0.39, 0.29) is 11.8 Å². The molecule has 3 aromatic carbocycles. The van der Waals surface area contributed by atoms with Crippen LogP contribution in [-0.2, 0) is 21.5 Å². The van der Waals surface area contributed by atoms with Crippen molar-refractivity contribution in [1.82, 2.24) is 0 Å². The van der Waals surface area contributed by atoms with Gasteiger partial charge in [0.25, 0.3) is 11.8 Å². The summed E-state index contributed by atoms with van der Waals surface area (Å²) in [5.74, 6) is -0.344. The molecule has 28 heavy (non-hydrogen) atoms. The zero-order chi connectivity index (χ0) is 19.5. The standard InChI is InChI=1S/C24H20N2O2/c1-16-9-8-13-19-21(16)25(2)22(27)24(19)18-12-6-7-14-20(18)26(23(24)28)15-17-10-4-3-5-11-17/h3-14H,15H2,1-2H3/t24-/m1/s1. The maximum Gasteiger partial charge on any atom is 0.252 e. The van der Waals surface area contributed by atoms with E-state index in [2.05, 4.69) is 0 Å². The van der Waals surface area contributed by atoms with Gasteiger partial charge in [0, 0.05) is 23.9 Å². The van der Waals surface area contributed by atoms with Gasteiger partial charge < -0.3 is 9.80 Å². The summed E-state index contributed by atoms with van der Waals surface area (Å²) < 4.78 is 0. The molecule has 2 aliphatic rings. The highest BCUT2D eigenvalue weighted by atomic mass is 16.2. The van der Waals surface area contributed by atoms with Crippen molar-refractivity contribution in [1.29, 1.82) is 0 Å². The lowest BCUT2D eigenvalue weighted by Gasteiger charge is -2.23. The predicted molar refractivity (Wildman–Crippen MR) is 109 cm³/mol. The van der Waals surface area contributed by atoms with E-state index >= 15 is 0 Å². The van der Waals surface area contributed by atoms with E-state index in [1.54, 1.807) is 16.8 Å². The zero-order valence-corrected chi connectivity index (χ0v) is 15.8. The summed E-state index contributed by atoms with van der Waals surface area (Å²) in [5, 5.41) is 0. The molecule has 2 amide bonds. The molecule has 2 aliphatic heterocycles. The first kappa shape index (κ1) is 16.8. The molecule has 0 bridgehead atoms. The molecule has 1 spiro atoms. The number of para-hydroxylation sites is 2. The second-order valence-electron chi connectivity index (χ2n) is 7.48. The Bertz CT molecular complexity index is 1120. The van der Waals surface area contributed by atoms with Gasteiger partial charge in [0.1, 0.15) is 0 Å². The Kier molecular flexibility index (Phi) is 3.47. The smallest absolute Gasteiger partial charge is 0.252 e. The molecule has 138 valence electrons. The fourth-order valence-corrected chi connectivity index (χ4v) is 4.72. The van der Waals surface area contributed by atoms with Crippen LogP contribution >= 0.6 is 0 Å². The quantitative estimate of drug-likeness (QED) is 0.646. The van der Waals surface area contributed by atoms with Crippen molar-refractivity contribution < 1.29 is 9.59 Å². The van der Waals surface area contributed by atoms with E-state index in [0.717, 1.165) is 33.6 Å². The van der Waals surface area contributed by atoms with Gasteiger partial charge in [0.05, 0.1) is 12.2 Å². The summed E-state index contributed by atoms with van der Waals surface area (Å²) in [5.41, 5.74) is 3.96. The second-order valence-corrected chi connectivity index (χ2v) is 7.48. The van der Waals surface area contributed by atoms with Gasteiger partial charge in [-0.3, -0.25) is 9.59 Å². The van der Waals surface area contributed by atoms with E-state index in [1.165, 1.54) is 0 Å². The third kappa shape index (κ3) is 1.95. The molecule has 2 heterocycles. The van der Waals surface area contributed by atoms with Gasteiger partial charge in [-0.25, -0.2) is 0 Å². The number of amides is 2. The van der Waals surface area contributed by atoms with Crippen LogP contribution in [0.1, 0.15) is 22.3 Å². The number of benzene rings is 3. The summed E-state index contributed by atoms with van der Waals surface area (Å²) in [6.07, 6.45) is 0. The molecule has 0 fully saturated rings. The molecule has 0 radical (unpaired) electrons. The van der Waals surface area contributed by atoms with Gasteiger partial charge in [0.2, 0.25) is 0 Å². The van der Waals surface area contributed by atoms with Crippen LogP contribution in [0.25, 0.3) is 0 Å². The summed E-state index contributed by atoms with van der Waals surface area (Å²) in [6, 6.07) is 23.4. The summed E-state index contributed by atoms with van der Waals surface area (Å²) in [4.78, 5) is 30.9. The highest BCUT2D eigenvalue weighted by Gasteiger charge is 2.63. The molecule has 1 atom stereocenters. The monoisotopic (exact) mass is 368 g/mol. The van der Waals surface area contributed by atoms with Crippen LogP contribution in [0.15, 0.2) is 72.8 Å². The first-order valence-electron chi connectivity index (χ1n) is 9.40. The van der Waals surface area contributed by atoms with Crippen LogP contribution in [0.5, 0.6) is 0 Å². The van der Waals surface area contributed by atoms with Gasteiger partial charge in [-0.05, 0) is 24.1 Å². The molecule has 4 heteroatoms. The zero-order valence-electron chi connectivity index (χ0n) is 15.8. The summed E-state index contributed by atoms with van der Waals surface area (Å²) in [7, 11) is 1.76. The van der Waals surface area contributed by atoms with Crippen molar-refractivity contribution in [2.45, 2.75) is 18.9 Å². The number of hydrogen-bond donors (Lipinski definition) is 0. The lowest BCUT2D eigenvalue weighted by Crippen LogP contribution is -2.47. The van der Waals surface area contributed by atoms with Crippen LogP contribution in [0, 0.1) is 6.92 Å². The minimum atomic E-state index is -1.29. The van der Waals surface area contributed by atoms with E-state index < -0.39 is 5.41 Å². The normalized spacial score (nSPS) is 20.1. The third-order valence-corrected chi connectivity index (χ3v) is 5.95. The number of carbonyl (C=O) groups excluding carboxylic acids is 2.